The maximum atomic E-state index is 12.8. The molecule has 19 nitrogen and oxygen atoms in total. The minimum absolute atomic E-state index is 0.253. The lowest BCUT2D eigenvalue weighted by Gasteiger charge is -2.23. The molecule has 6 N–H and O–H groups in total. The Balaban J connectivity index is 0.000000205. The van der Waals surface area contributed by atoms with Gasteiger partial charge in [0, 0.05) is 88.9 Å². The number of amides is 3. The second-order valence-corrected chi connectivity index (χ2v) is 23.4. The van der Waals surface area contributed by atoms with Crippen LogP contribution in [0.2, 0.25) is 0 Å². The summed E-state index contributed by atoms with van der Waals surface area (Å²) in [5, 5.41) is 43.5. The van der Waals surface area contributed by atoms with E-state index < -0.39 is 41.8 Å². The summed E-state index contributed by atoms with van der Waals surface area (Å²) < 4.78 is 15.7. The Kier molecular flexibility index (Phi) is 26.7. The van der Waals surface area contributed by atoms with Crippen LogP contribution in [0.4, 0.5) is 0 Å². The molecule has 19 heteroatoms. The first kappa shape index (κ1) is 72.8. The molecule has 3 unspecified atom stereocenters. The van der Waals surface area contributed by atoms with E-state index in [4.69, 9.17) is 30.4 Å². The van der Waals surface area contributed by atoms with Crippen LogP contribution in [0, 0.1) is 39.2 Å². The highest BCUT2D eigenvalue weighted by Crippen LogP contribution is 2.25. The smallest absolute Gasteiger partial charge is 0.311 e. The van der Waals surface area contributed by atoms with Gasteiger partial charge in [0.05, 0.1) is 39.1 Å². The molecule has 0 saturated carbocycles. The summed E-state index contributed by atoms with van der Waals surface area (Å²) in [6.07, 6.45) is 11.0. The van der Waals surface area contributed by atoms with Gasteiger partial charge in [0.2, 0.25) is 0 Å². The highest BCUT2D eigenvalue weighted by molar-refractivity contribution is 5.99. The molecule has 9 rings (SSSR count). The Hall–Kier alpha value is -11.6. The number of carbonyl (C=O) groups excluding carboxylic acids is 6. The number of nitrogens with one attached hydrogen (secondary N) is 6. The van der Waals surface area contributed by atoms with Crippen molar-refractivity contribution in [2.75, 3.05) is 21.3 Å². The predicted octanol–water partition coefficient (Wildman–Crippen LogP) is 12.1. The zero-order chi connectivity index (χ0) is 70.1. The molecule has 0 spiro atoms. The Morgan fingerprint density at radius 1 is 0.392 bits per heavy atom. The van der Waals surface area contributed by atoms with Crippen molar-refractivity contribution in [3.63, 3.8) is 0 Å². The molecule has 6 atom stereocenters. The van der Waals surface area contributed by atoms with Crippen LogP contribution in [-0.2, 0) is 47.9 Å². The number of pyridine rings is 3. The molecule has 0 saturated heterocycles. The molecule has 3 heterocycles. The van der Waals surface area contributed by atoms with Crippen LogP contribution in [0.5, 0.6) is 0 Å². The normalized spacial score (nSPS) is 12.5. The minimum Gasteiger partial charge on any atom is -0.619 e. The van der Waals surface area contributed by atoms with E-state index in [2.05, 4.69) is 25.9 Å². The van der Waals surface area contributed by atoms with Gasteiger partial charge in [0.15, 0.2) is 12.4 Å². The van der Waals surface area contributed by atoms with Gasteiger partial charge in [0.25, 0.3) is 17.7 Å². The highest BCUT2D eigenvalue weighted by atomic mass is 16.5. The predicted molar refractivity (Wildman–Crippen MR) is 375 cm³/mol. The number of rotatable bonds is 24. The van der Waals surface area contributed by atoms with E-state index in [0.717, 1.165) is 66.8 Å². The number of carbonyl (C=O) groups is 6. The van der Waals surface area contributed by atoms with Crippen molar-refractivity contribution in [2.24, 2.45) is 17.8 Å². The number of hydrogen-bond donors (Lipinski definition) is 6. The molecule has 0 fully saturated rings. The third kappa shape index (κ3) is 21.2. The molecular weight excluding hydrogens is 1220 g/mol. The lowest BCUT2D eigenvalue weighted by Crippen LogP contribution is -2.42. The fraction of sp³-hybridized carbons (Fsp3) is 0.231. The van der Waals surface area contributed by atoms with Gasteiger partial charge in [-0.1, -0.05) is 97.1 Å². The summed E-state index contributed by atoms with van der Waals surface area (Å²) in [4.78, 5) is 84.0. The number of nitrogens with zero attached hydrogens (tertiary/aromatic N) is 3. The van der Waals surface area contributed by atoms with Crippen molar-refractivity contribution in [1.82, 2.24) is 25.9 Å². The van der Waals surface area contributed by atoms with Crippen molar-refractivity contribution < 1.29 is 47.7 Å². The zero-order valence-electron chi connectivity index (χ0n) is 55.8. The second-order valence-electron chi connectivity index (χ2n) is 23.4. The largest absolute Gasteiger partial charge is 0.619 e. The van der Waals surface area contributed by atoms with Gasteiger partial charge in [-0.3, -0.25) is 38.7 Å². The van der Waals surface area contributed by atoms with Crippen LogP contribution in [0.3, 0.4) is 0 Å². The first-order valence-corrected chi connectivity index (χ1v) is 31.5. The lowest BCUT2D eigenvalue weighted by atomic mass is 9.91. The number of benzene rings is 6. The number of aromatic nitrogens is 3. The van der Waals surface area contributed by atoms with Crippen molar-refractivity contribution in [3.8, 4) is 33.4 Å². The van der Waals surface area contributed by atoms with Crippen LogP contribution in [0.25, 0.3) is 33.4 Å². The van der Waals surface area contributed by atoms with Gasteiger partial charge < -0.3 is 51.6 Å². The van der Waals surface area contributed by atoms with Crippen LogP contribution in [0.15, 0.2) is 219 Å². The van der Waals surface area contributed by atoms with Crippen LogP contribution >= 0.6 is 0 Å². The molecule has 0 bridgehead atoms. The lowest BCUT2D eigenvalue weighted by molar-refractivity contribution is -0.605. The van der Waals surface area contributed by atoms with Gasteiger partial charge in [-0.25, -0.2) is 0 Å². The maximum Gasteiger partial charge on any atom is 0.311 e. The van der Waals surface area contributed by atoms with E-state index >= 15 is 0 Å². The molecule has 97 heavy (non-hydrogen) atoms. The Morgan fingerprint density at radius 2 is 0.701 bits per heavy atom. The summed E-state index contributed by atoms with van der Waals surface area (Å²) in [5.41, 5.74) is 13.7. The molecule has 0 aliphatic carbocycles. The van der Waals surface area contributed by atoms with Gasteiger partial charge in [0.1, 0.15) is 0 Å². The Bertz CT molecular complexity index is 4010. The van der Waals surface area contributed by atoms with Gasteiger partial charge >= 0.3 is 17.9 Å². The molecular formula is C78H81N9O10. The standard InChI is InChI=1S/C26H27N3O4.2C26H27N3O3/c1-17(27)23-6-4-5-19(15-23)16-24(26(31)33-3)18(2)28-25(30)22-9-7-20(8-10-22)21-11-13-29(32)14-12-21;1-17(27)22-7-4-6-19(14-22)15-24(26(31)32-3)18(2)29-25(30)21-11-9-20(10-12-21)23-8-5-13-28-16-23;1-17(27)23-6-4-5-19(15-23)16-24(26(31)32-3)18(2)29-25(30)22-9-7-20(8-10-22)21-11-13-28-14-12-21/h4-15,18,24,27H,16H2,1-3H3,(H,28,30);4-14,16,18,24,27H,15H2,1-3H3,(H,29,30);4-15,18,24,27H,16H2,1-3H3,(H,29,30)/t3*18?,24-/m111/s1. The van der Waals surface area contributed by atoms with Crippen molar-refractivity contribution in [1.29, 1.82) is 16.2 Å². The SMILES string of the molecule is COC(=O)[C@H](Cc1cccc(C(C)=N)c1)C(C)NC(=O)c1ccc(-c2cc[n+]([O-])cc2)cc1.COC(=O)[C@H](Cc1cccc(C(C)=N)c1)C(C)NC(=O)c1ccc(-c2cccnc2)cc1.COC(=O)[C@H](Cc1cccc(C(C)=N)c1)C(C)NC(=O)c1ccc(-c2ccncc2)cc1. The molecule has 6 aromatic carbocycles. The summed E-state index contributed by atoms with van der Waals surface area (Å²) in [6.45, 7) is 10.5. The topological polar surface area (TPSA) is 290 Å². The molecule has 9 aromatic rings. The van der Waals surface area contributed by atoms with Gasteiger partial charge in [-0.15, -0.1) is 0 Å². The number of esters is 3. The first-order valence-electron chi connectivity index (χ1n) is 31.5. The highest BCUT2D eigenvalue weighted by Gasteiger charge is 2.31. The van der Waals surface area contributed by atoms with Crippen LogP contribution in [-0.4, -0.2) is 102 Å². The fourth-order valence-corrected chi connectivity index (χ4v) is 10.7. The van der Waals surface area contributed by atoms with Crippen molar-refractivity contribution >= 4 is 52.8 Å². The number of methoxy groups -OCH3 is 3. The zero-order valence-corrected chi connectivity index (χ0v) is 55.8. The average Bonchev–Trinajstić information content (AvgIpc) is 0.930. The Morgan fingerprint density at radius 3 is 1.00 bits per heavy atom. The van der Waals surface area contributed by atoms with E-state index in [9.17, 15) is 34.0 Å². The Labute approximate surface area is 565 Å². The fourth-order valence-electron chi connectivity index (χ4n) is 10.7. The van der Waals surface area contributed by atoms with E-state index in [-0.39, 0.29) is 29.7 Å². The van der Waals surface area contributed by atoms with Crippen molar-refractivity contribution in [3.05, 3.63) is 274 Å². The summed E-state index contributed by atoms with van der Waals surface area (Å²) >= 11 is 0. The number of hydrogen-bond acceptors (Lipinski definition) is 15. The van der Waals surface area contributed by atoms with Gasteiger partial charge in [-0.05, 0) is 200 Å². The van der Waals surface area contributed by atoms with Crippen molar-refractivity contribution in [2.45, 2.75) is 78.9 Å². The molecule has 3 amide bonds. The molecule has 3 aromatic heterocycles. The number of ether oxygens (including phenoxy) is 3. The van der Waals surface area contributed by atoms with E-state index in [1.807, 2.05) is 133 Å². The first-order chi connectivity index (χ1) is 46.5. The molecule has 0 aliphatic heterocycles. The summed E-state index contributed by atoms with van der Waals surface area (Å²) in [7, 11) is 4.03. The van der Waals surface area contributed by atoms with E-state index in [0.29, 0.717) is 57.8 Å². The van der Waals surface area contributed by atoms with Crippen LogP contribution in [0.1, 0.15) is 106 Å². The van der Waals surface area contributed by atoms with Crippen LogP contribution < -0.4 is 20.7 Å². The summed E-state index contributed by atoms with van der Waals surface area (Å²) in [5.74, 6) is -3.68. The summed E-state index contributed by atoms with van der Waals surface area (Å²) in [6, 6.07) is 53.8. The third-order valence-electron chi connectivity index (χ3n) is 16.4. The molecule has 498 valence electrons. The monoisotopic (exact) mass is 1300 g/mol. The third-order valence-corrected chi connectivity index (χ3v) is 16.4. The molecule has 0 radical (unpaired) electrons. The second kappa shape index (κ2) is 35.6. The molecule has 0 aliphatic rings. The van der Waals surface area contributed by atoms with E-state index in [1.165, 1.54) is 33.7 Å². The van der Waals surface area contributed by atoms with Gasteiger partial charge in [-0.2, -0.15) is 4.73 Å². The van der Waals surface area contributed by atoms with E-state index in [1.54, 1.807) is 115 Å². The maximum absolute atomic E-state index is 12.8. The quantitative estimate of drug-likeness (QED) is 0.0108. The average molecular weight is 1300 g/mol. The minimum atomic E-state index is -0.581.